The molecule has 1 saturated heterocycles. The van der Waals surface area contributed by atoms with E-state index in [0.717, 1.165) is 32.6 Å². The van der Waals surface area contributed by atoms with Crippen molar-refractivity contribution in [3.05, 3.63) is 35.6 Å². The zero-order chi connectivity index (χ0) is 14.5. The number of nitrogens with zero attached hydrogens (tertiary/aromatic N) is 2. The van der Waals surface area contributed by atoms with Gasteiger partial charge >= 0.3 is 0 Å². The first kappa shape index (κ1) is 15.4. The lowest BCUT2D eigenvalue weighted by atomic mass is 10.0. The molecular formula is C16H25FN2O. The largest absolute Gasteiger partial charge is 0.388 e. The second-order valence-electron chi connectivity index (χ2n) is 5.67. The molecule has 3 nitrogen and oxygen atoms in total. The van der Waals surface area contributed by atoms with Crippen LogP contribution in [0.2, 0.25) is 0 Å². The van der Waals surface area contributed by atoms with Gasteiger partial charge in [0, 0.05) is 37.8 Å². The topological polar surface area (TPSA) is 26.7 Å². The van der Waals surface area contributed by atoms with E-state index in [1.807, 2.05) is 0 Å². The smallest absolute Gasteiger partial charge is 0.128 e. The van der Waals surface area contributed by atoms with Crippen LogP contribution in [0.25, 0.3) is 0 Å². The van der Waals surface area contributed by atoms with Crippen molar-refractivity contribution in [2.75, 3.05) is 33.2 Å². The van der Waals surface area contributed by atoms with E-state index in [4.69, 9.17) is 0 Å². The van der Waals surface area contributed by atoms with Crippen LogP contribution < -0.4 is 0 Å². The molecule has 1 N–H and O–H groups in total. The van der Waals surface area contributed by atoms with Crippen LogP contribution in [-0.4, -0.2) is 54.2 Å². The molecule has 0 amide bonds. The van der Waals surface area contributed by atoms with E-state index in [1.54, 1.807) is 18.2 Å². The Morgan fingerprint density at radius 3 is 2.80 bits per heavy atom. The Labute approximate surface area is 121 Å². The summed E-state index contributed by atoms with van der Waals surface area (Å²) in [4.78, 5) is 4.77. The molecule has 1 aromatic rings. The second-order valence-corrected chi connectivity index (χ2v) is 5.67. The van der Waals surface area contributed by atoms with Crippen molar-refractivity contribution in [3.63, 3.8) is 0 Å². The van der Waals surface area contributed by atoms with Gasteiger partial charge in [-0.05, 0) is 26.0 Å². The summed E-state index contributed by atoms with van der Waals surface area (Å²) in [5.41, 5.74) is 0.411. The summed E-state index contributed by atoms with van der Waals surface area (Å²) >= 11 is 0. The van der Waals surface area contributed by atoms with Crippen LogP contribution in [0.3, 0.4) is 0 Å². The highest BCUT2D eigenvalue weighted by Crippen LogP contribution is 2.21. The van der Waals surface area contributed by atoms with Crippen LogP contribution in [0.4, 0.5) is 4.39 Å². The molecule has 1 fully saturated rings. The molecule has 20 heavy (non-hydrogen) atoms. The molecule has 4 heteroatoms. The molecule has 0 spiro atoms. The Balaban J connectivity index is 1.85. The molecule has 112 valence electrons. The Morgan fingerprint density at radius 2 is 2.10 bits per heavy atom. The van der Waals surface area contributed by atoms with Gasteiger partial charge in [0.2, 0.25) is 0 Å². The van der Waals surface area contributed by atoms with Gasteiger partial charge in [-0.25, -0.2) is 4.39 Å². The van der Waals surface area contributed by atoms with Crippen LogP contribution in [0, 0.1) is 5.82 Å². The van der Waals surface area contributed by atoms with Crippen molar-refractivity contribution >= 4 is 0 Å². The molecule has 0 radical (unpaired) electrons. The van der Waals surface area contributed by atoms with Crippen molar-refractivity contribution in [1.29, 1.82) is 0 Å². The van der Waals surface area contributed by atoms with Gasteiger partial charge in [0.05, 0.1) is 6.10 Å². The molecule has 2 unspecified atom stereocenters. The van der Waals surface area contributed by atoms with Crippen LogP contribution >= 0.6 is 0 Å². The van der Waals surface area contributed by atoms with Crippen LogP contribution in [-0.2, 0) is 0 Å². The average molecular weight is 280 g/mol. The van der Waals surface area contributed by atoms with E-state index >= 15 is 0 Å². The monoisotopic (exact) mass is 280 g/mol. The van der Waals surface area contributed by atoms with Crippen molar-refractivity contribution in [1.82, 2.24) is 9.80 Å². The van der Waals surface area contributed by atoms with Crippen molar-refractivity contribution in [3.8, 4) is 0 Å². The van der Waals surface area contributed by atoms with E-state index in [9.17, 15) is 9.50 Å². The maximum absolute atomic E-state index is 13.6. The maximum Gasteiger partial charge on any atom is 0.128 e. The summed E-state index contributed by atoms with van der Waals surface area (Å²) < 4.78 is 13.6. The number of aliphatic hydroxyl groups excluding tert-OH is 1. The molecule has 2 rings (SSSR count). The van der Waals surface area contributed by atoms with Gasteiger partial charge in [-0.15, -0.1) is 0 Å². The van der Waals surface area contributed by atoms with Gasteiger partial charge in [0.25, 0.3) is 0 Å². The lowest BCUT2D eigenvalue weighted by Crippen LogP contribution is -2.51. The van der Waals surface area contributed by atoms with Crippen LogP contribution in [0.15, 0.2) is 24.3 Å². The Morgan fingerprint density at radius 1 is 1.35 bits per heavy atom. The van der Waals surface area contributed by atoms with E-state index in [2.05, 4.69) is 23.8 Å². The number of hydrogen-bond donors (Lipinski definition) is 1. The first-order valence-corrected chi connectivity index (χ1v) is 7.47. The number of piperazine rings is 1. The molecule has 0 bridgehead atoms. The van der Waals surface area contributed by atoms with E-state index < -0.39 is 6.10 Å². The summed E-state index contributed by atoms with van der Waals surface area (Å²) in [6, 6.07) is 7.08. The predicted molar refractivity (Wildman–Crippen MR) is 79.1 cm³/mol. The van der Waals surface area contributed by atoms with Crippen molar-refractivity contribution < 1.29 is 9.50 Å². The third kappa shape index (κ3) is 3.78. The van der Waals surface area contributed by atoms with Gasteiger partial charge in [-0.1, -0.05) is 25.1 Å². The predicted octanol–water partition coefficient (Wildman–Crippen LogP) is 2.28. The fourth-order valence-electron chi connectivity index (χ4n) is 2.86. The molecular weight excluding hydrogens is 255 g/mol. The van der Waals surface area contributed by atoms with Crippen LogP contribution in [0.5, 0.6) is 0 Å². The minimum absolute atomic E-state index is 0.315. The fraction of sp³-hybridized carbons (Fsp3) is 0.625. The lowest BCUT2D eigenvalue weighted by molar-refractivity contribution is 0.0747. The molecule has 1 aromatic carbocycles. The highest BCUT2D eigenvalue weighted by molar-refractivity contribution is 5.19. The number of likely N-dealkylation sites (N-methyl/N-ethyl adjacent to an activating group) is 1. The molecule has 2 atom stereocenters. The van der Waals surface area contributed by atoms with E-state index in [-0.39, 0.29) is 5.82 Å². The number of aliphatic hydroxyl groups is 1. The van der Waals surface area contributed by atoms with Gasteiger partial charge < -0.3 is 14.9 Å². The molecule has 1 aliphatic heterocycles. The first-order chi connectivity index (χ1) is 9.61. The van der Waals surface area contributed by atoms with Gasteiger partial charge in [-0.2, -0.15) is 0 Å². The zero-order valence-electron chi connectivity index (χ0n) is 12.4. The van der Waals surface area contributed by atoms with Crippen LogP contribution in [0.1, 0.15) is 31.4 Å². The summed E-state index contributed by atoms with van der Waals surface area (Å²) in [6.07, 6.45) is 1.01. The third-order valence-electron chi connectivity index (χ3n) is 4.32. The first-order valence-electron chi connectivity index (χ1n) is 7.47. The third-order valence-corrected chi connectivity index (χ3v) is 4.32. The normalized spacial score (nSPS) is 22.9. The van der Waals surface area contributed by atoms with E-state index in [1.165, 1.54) is 6.07 Å². The molecule has 0 saturated carbocycles. The second kappa shape index (κ2) is 7.16. The Kier molecular flexibility index (Phi) is 5.52. The fourth-order valence-corrected chi connectivity index (χ4v) is 2.86. The van der Waals surface area contributed by atoms with Gasteiger partial charge in [0.15, 0.2) is 0 Å². The summed E-state index contributed by atoms with van der Waals surface area (Å²) in [6.45, 7) is 6.15. The summed E-state index contributed by atoms with van der Waals surface area (Å²) in [7, 11) is 2.17. The Bertz CT molecular complexity index is 427. The average Bonchev–Trinajstić information content (AvgIpc) is 2.46. The molecule has 1 heterocycles. The standard InChI is InChI=1S/C16H25FN2O/c1-3-13-12-19(11-10-18(13)2)9-8-16(20)14-6-4-5-7-15(14)17/h4-7,13,16,20H,3,8-12H2,1-2H3. The maximum atomic E-state index is 13.6. The Hall–Kier alpha value is -0.970. The number of rotatable bonds is 5. The minimum atomic E-state index is -0.712. The number of benzene rings is 1. The summed E-state index contributed by atoms with van der Waals surface area (Å²) in [5, 5.41) is 10.1. The minimum Gasteiger partial charge on any atom is -0.388 e. The van der Waals surface area contributed by atoms with Crippen molar-refractivity contribution in [2.45, 2.75) is 31.9 Å². The molecule has 1 aliphatic rings. The number of halogens is 1. The highest BCUT2D eigenvalue weighted by atomic mass is 19.1. The SMILES string of the molecule is CCC1CN(CCC(O)c2ccccc2F)CCN1C. The quantitative estimate of drug-likeness (QED) is 0.896. The number of hydrogen-bond acceptors (Lipinski definition) is 3. The van der Waals surface area contributed by atoms with Gasteiger partial charge in [0.1, 0.15) is 5.82 Å². The highest BCUT2D eigenvalue weighted by Gasteiger charge is 2.23. The zero-order valence-corrected chi connectivity index (χ0v) is 12.4. The molecule has 0 aromatic heterocycles. The lowest BCUT2D eigenvalue weighted by Gasteiger charge is -2.39. The van der Waals surface area contributed by atoms with Crippen molar-refractivity contribution in [2.24, 2.45) is 0 Å². The van der Waals surface area contributed by atoms with Gasteiger partial charge in [-0.3, -0.25) is 0 Å². The summed E-state index contributed by atoms with van der Waals surface area (Å²) in [5.74, 6) is -0.315. The molecule has 0 aliphatic carbocycles. The van der Waals surface area contributed by atoms with E-state index in [0.29, 0.717) is 18.0 Å².